The minimum absolute atomic E-state index is 0.0845. The zero-order valence-corrected chi connectivity index (χ0v) is 13.2. The first-order valence-electron chi connectivity index (χ1n) is 7.75. The Labute approximate surface area is 131 Å². The van der Waals surface area contributed by atoms with E-state index in [0.717, 1.165) is 32.7 Å². The fraction of sp³-hybridized carbons (Fsp3) is 0.389. The highest BCUT2D eigenvalue weighted by atomic mass is 16.3. The van der Waals surface area contributed by atoms with Crippen molar-refractivity contribution in [2.24, 2.45) is 0 Å². The molecule has 0 bridgehead atoms. The quantitative estimate of drug-likeness (QED) is 0.874. The van der Waals surface area contributed by atoms with Crippen LogP contribution in [0.1, 0.15) is 27.2 Å². The second-order valence-electron chi connectivity index (χ2n) is 5.94. The van der Waals surface area contributed by atoms with Gasteiger partial charge >= 0.3 is 0 Å². The first kappa shape index (κ1) is 14.9. The molecule has 1 aromatic heterocycles. The van der Waals surface area contributed by atoms with Crippen LogP contribution in [0, 0.1) is 13.8 Å². The first-order chi connectivity index (χ1) is 10.6. The highest BCUT2D eigenvalue weighted by Gasteiger charge is 2.24. The Kier molecular flexibility index (Phi) is 4.29. The molecular formula is C18H22N2O2. The predicted molar refractivity (Wildman–Crippen MR) is 85.8 cm³/mol. The van der Waals surface area contributed by atoms with Crippen LogP contribution >= 0.6 is 0 Å². The van der Waals surface area contributed by atoms with Crippen LogP contribution < -0.4 is 0 Å². The zero-order valence-electron chi connectivity index (χ0n) is 13.2. The monoisotopic (exact) mass is 298 g/mol. The Morgan fingerprint density at radius 3 is 2.32 bits per heavy atom. The lowest BCUT2D eigenvalue weighted by atomic mass is 10.1. The molecule has 3 rings (SSSR count). The smallest absolute Gasteiger partial charge is 0.257 e. The Morgan fingerprint density at radius 2 is 1.73 bits per heavy atom. The molecule has 22 heavy (non-hydrogen) atoms. The third-order valence-corrected chi connectivity index (χ3v) is 4.28. The van der Waals surface area contributed by atoms with Crippen LogP contribution in [0.2, 0.25) is 0 Å². The molecule has 1 aliphatic heterocycles. The third-order valence-electron chi connectivity index (χ3n) is 4.28. The molecule has 0 atom stereocenters. The van der Waals surface area contributed by atoms with E-state index in [1.54, 1.807) is 12.3 Å². The Hall–Kier alpha value is -2.07. The largest absolute Gasteiger partial charge is 0.469 e. The van der Waals surface area contributed by atoms with Crippen molar-refractivity contribution in [1.82, 2.24) is 9.80 Å². The second kappa shape index (κ2) is 6.36. The van der Waals surface area contributed by atoms with Crippen molar-refractivity contribution in [3.05, 3.63) is 59.0 Å². The molecule has 0 spiro atoms. The van der Waals surface area contributed by atoms with E-state index in [1.165, 1.54) is 11.1 Å². The number of amides is 1. The second-order valence-corrected chi connectivity index (χ2v) is 5.94. The summed E-state index contributed by atoms with van der Waals surface area (Å²) in [6.07, 6.45) is 1.58. The highest BCUT2D eigenvalue weighted by molar-refractivity contribution is 5.95. The number of carbonyl (C=O) groups excluding carboxylic acids is 1. The molecule has 1 fully saturated rings. The van der Waals surface area contributed by atoms with Crippen molar-refractivity contribution in [3.63, 3.8) is 0 Å². The fourth-order valence-corrected chi connectivity index (χ4v) is 2.84. The molecule has 1 aromatic carbocycles. The Balaban J connectivity index is 1.55. The zero-order chi connectivity index (χ0) is 15.5. The molecule has 1 aliphatic rings. The third kappa shape index (κ3) is 3.22. The van der Waals surface area contributed by atoms with Gasteiger partial charge in [0.05, 0.1) is 11.8 Å². The van der Waals surface area contributed by atoms with E-state index in [4.69, 9.17) is 4.42 Å². The van der Waals surface area contributed by atoms with Crippen molar-refractivity contribution < 1.29 is 9.21 Å². The van der Waals surface area contributed by atoms with Crippen LogP contribution in [0.4, 0.5) is 0 Å². The number of piperazine rings is 1. The van der Waals surface area contributed by atoms with Crippen molar-refractivity contribution in [2.75, 3.05) is 26.2 Å². The Morgan fingerprint density at radius 1 is 1.05 bits per heavy atom. The van der Waals surface area contributed by atoms with Crippen LogP contribution in [0.25, 0.3) is 0 Å². The molecule has 4 nitrogen and oxygen atoms in total. The van der Waals surface area contributed by atoms with E-state index in [2.05, 4.69) is 36.1 Å². The lowest BCUT2D eigenvalue weighted by molar-refractivity contribution is 0.0627. The Bertz CT molecular complexity index is 637. The number of hydrogen-bond donors (Lipinski definition) is 0. The van der Waals surface area contributed by atoms with Gasteiger partial charge in [0, 0.05) is 32.7 Å². The molecule has 1 amide bonds. The minimum Gasteiger partial charge on any atom is -0.469 e. The van der Waals surface area contributed by atoms with Crippen LogP contribution in [-0.4, -0.2) is 41.9 Å². The van der Waals surface area contributed by atoms with E-state index in [9.17, 15) is 4.79 Å². The number of carbonyl (C=O) groups is 1. The average Bonchev–Trinajstić information content (AvgIpc) is 2.96. The highest BCUT2D eigenvalue weighted by Crippen LogP contribution is 2.15. The molecule has 0 unspecified atom stereocenters. The number of rotatable bonds is 3. The van der Waals surface area contributed by atoms with Gasteiger partial charge in [0.15, 0.2) is 0 Å². The molecule has 0 aliphatic carbocycles. The van der Waals surface area contributed by atoms with E-state index < -0.39 is 0 Å². The predicted octanol–water partition coefficient (Wildman–Crippen LogP) is 2.85. The molecule has 0 saturated carbocycles. The van der Waals surface area contributed by atoms with E-state index in [1.807, 2.05) is 11.8 Å². The van der Waals surface area contributed by atoms with Gasteiger partial charge in [-0.25, -0.2) is 0 Å². The molecule has 0 N–H and O–H groups in total. The van der Waals surface area contributed by atoms with Crippen LogP contribution in [-0.2, 0) is 6.54 Å². The number of furan rings is 1. The van der Waals surface area contributed by atoms with Gasteiger partial charge in [0.1, 0.15) is 5.76 Å². The van der Waals surface area contributed by atoms with Crippen LogP contribution in [0.3, 0.4) is 0 Å². The molecule has 2 heterocycles. The van der Waals surface area contributed by atoms with Gasteiger partial charge in [-0.05, 0) is 25.5 Å². The van der Waals surface area contributed by atoms with Gasteiger partial charge < -0.3 is 9.32 Å². The molecule has 1 saturated heterocycles. The maximum Gasteiger partial charge on any atom is 0.257 e. The topological polar surface area (TPSA) is 36.7 Å². The first-order valence-corrected chi connectivity index (χ1v) is 7.75. The van der Waals surface area contributed by atoms with Gasteiger partial charge in [-0.15, -0.1) is 0 Å². The molecular weight excluding hydrogens is 276 g/mol. The summed E-state index contributed by atoms with van der Waals surface area (Å²) in [5, 5.41) is 0. The number of hydrogen-bond acceptors (Lipinski definition) is 3. The van der Waals surface area contributed by atoms with Gasteiger partial charge in [0.2, 0.25) is 0 Å². The summed E-state index contributed by atoms with van der Waals surface area (Å²) in [5.41, 5.74) is 3.30. The summed E-state index contributed by atoms with van der Waals surface area (Å²) in [5.74, 6) is 0.785. The van der Waals surface area contributed by atoms with Gasteiger partial charge in [-0.2, -0.15) is 0 Å². The lowest BCUT2D eigenvalue weighted by Gasteiger charge is -2.34. The summed E-state index contributed by atoms with van der Waals surface area (Å²) in [6, 6.07) is 10.4. The minimum atomic E-state index is 0.0845. The molecule has 0 radical (unpaired) electrons. The molecule has 4 heteroatoms. The van der Waals surface area contributed by atoms with Crippen LogP contribution in [0.5, 0.6) is 0 Å². The average molecular weight is 298 g/mol. The SMILES string of the molecule is Cc1ccc(CN2CCN(C(=O)c3ccoc3C)CC2)cc1. The summed E-state index contributed by atoms with van der Waals surface area (Å²) in [7, 11) is 0. The number of nitrogens with zero attached hydrogens (tertiary/aromatic N) is 2. The molecule has 116 valence electrons. The van der Waals surface area contributed by atoms with Gasteiger partial charge in [0.25, 0.3) is 5.91 Å². The van der Waals surface area contributed by atoms with Crippen molar-refractivity contribution >= 4 is 5.91 Å². The summed E-state index contributed by atoms with van der Waals surface area (Å²) in [4.78, 5) is 16.8. The maximum atomic E-state index is 12.4. The van der Waals surface area contributed by atoms with Gasteiger partial charge in [-0.1, -0.05) is 29.8 Å². The number of aryl methyl sites for hydroxylation is 2. The summed E-state index contributed by atoms with van der Waals surface area (Å²) >= 11 is 0. The summed E-state index contributed by atoms with van der Waals surface area (Å²) in [6.45, 7) is 8.26. The fourth-order valence-electron chi connectivity index (χ4n) is 2.84. The van der Waals surface area contributed by atoms with Crippen LogP contribution in [0.15, 0.2) is 41.0 Å². The van der Waals surface area contributed by atoms with Crippen molar-refractivity contribution in [3.8, 4) is 0 Å². The van der Waals surface area contributed by atoms with Crippen molar-refractivity contribution in [1.29, 1.82) is 0 Å². The maximum absolute atomic E-state index is 12.4. The molecule has 2 aromatic rings. The van der Waals surface area contributed by atoms with E-state index in [-0.39, 0.29) is 5.91 Å². The normalized spacial score (nSPS) is 16.0. The van der Waals surface area contributed by atoms with E-state index >= 15 is 0 Å². The standard InChI is InChI=1S/C18H22N2O2/c1-14-3-5-16(6-4-14)13-19-8-10-20(11-9-19)18(21)17-7-12-22-15(17)2/h3-7,12H,8-11,13H2,1-2H3. The lowest BCUT2D eigenvalue weighted by Crippen LogP contribution is -2.48. The summed E-state index contributed by atoms with van der Waals surface area (Å²) < 4.78 is 5.23. The van der Waals surface area contributed by atoms with Crippen molar-refractivity contribution in [2.45, 2.75) is 20.4 Å². The number of benzene rings is 1. The van der Waals surface area contributed by atoms with Gasteiger partial charge in [-0.3, -0.25) is 9.69 Å². The van der Waals surface area contributed by atoms with E-state index in [0.29, 0.717) is 11.3 Å².